The summed E-state index contributed by atoms with van der Waals surface area (Å²) in [5.41, 5.74) is 2.75. The van der Waals surface area contributed by atoms with Crippen LogP contribution in [-0.2, 0) is 0 Å². The molecule has 2 saturated heterocycles. The highest BCUT2D eigenvalue weighted by atomic mass is 16.5. The summed E-state index contributed by atoms with van der Waals surface area (Å²) < 4.78 is 5.16. The number of aryl methyl sites for hydroxylation is 2. The van der Waals surface area contributed by atoms with Crippen LogP contribution >= 0.6 is 0 Å². The zero-order valence-corrected chi connectivity index (χ0v) is 17.9. The zero-order valence-electron chi connectivity index (χ0n) is 17.9. The summed E-state index contributed by atoms with van der Waals surface area (Å²) in [5.74, 6) is 0.735. The molecule has 2 aromatic rings. The number of aromatic nitrogens is 2. The predicted molar refractivity (Wildman–Crippen MR) is 111 cm³/mol. The van der Waals surface area contributed by atoms with E-state index in [-0.39, 0.29) is 17.7 Å². The lowest BCUT2D eigenvalue weighted by Crippen LogP contribution is -2.47. The van der Waals surface area contributed by atoms with E-state index in [2.05, 4.69) is 22.1 Å². The minimum atomic E-state index is -0.0298. The topological polar surface area (TPSA) is 82.8 Å². The molecule has 0 aliphatic carbocycles. The monoisotopic (exact) mass is 411 g/mol. The smallest absolute Gasteiger partial charge is 0.259 e. The lowest BCUT2D eigenvalue weighted by Gasteiger charge is -2.33. The Kier molecular flexibility index (Phi) is 5.85. The summed E-state index contributed by atoms with van der Waals surface area (Å²) in [5, 5.41) is 3.90. The molecule has 4 heterocycles. The molecular formula is C22H29N5O3. The van der Waals surface area contributed by atoms with Gasteiger partial charge in [-0.1, -0.05) is 5.16 Å². The third-order valence-electron chi connectivity index (χ3n) is 6.20. The molecule has 4 rings (SSSR count). The van der Waals surface area contributed by atoms with Crippen LogP contribution in [0.2, 0.25) is 0 Å². The Morgan fingerprint density at radius 2 is 1.80 bits per heavy atom. The van der Waals surface area contributed by atoms with Crippen molar-refractivity contribution in [1.82, 2.24) is 24.8 Å². The van der Waals surface area contributed by atoms with Gasteiger partial charge in [-0.25, -0.2) is 0 Å². The Morgan fingerprint density at radius 1 is 1.03 bits per heavy atom. The standard InChI is InChI=1S/C22H29N5O3/c1-15-20(16(2)30-24-15)22(29)27-8-4-5-18(14-27)19-7-6-17(13-23-19)21(28)26-11-9-25(3)10-12-26/h6-7,13,18H,4-5,8-12,14H2,1-3H3/t18-/m0/s1. The summed E-state index contributed by atoms with van der Waals surface area (Å²) >= 11 is 0. The minimum Gasteiger partial charge on any atom is -0.361 e. The molecule has 0 unspecified atom stereocenters. The SMILES string of the molecule is Cc1noc(C)c1C(=O)N1CCC[C@H](c2ccc(C(=O)N3CCN(C)CC3)cn2)C1. The van der Waals surface area contributed by atoms with E-state index in [0.29, 0.717) is 29.1 Å². The molecule has 2 aliphatic heterocycles. The molecule has 2 fully saturated rings. The molecule has 0 N–H and O–H groups in total. The molecule has 0 aromatic carbocycles. The van der Waals surface area contributed by atoms with Crippen molar-refractivity contribution in [2.75, 3.05) is 46.3 Å². The molecule has 2 aliphatic rings. The summed E-state index contributed by atoms with van der Waals surface area (Å²) in [7, 11) is 2.07. The van der Waals surface area contributed by atoms with Crippen LogP contribution in [0, 0.1) is 13.8 Å². The van der Waals surface area contributed by atoms with Crippen molar-refractivity contribution in [3.05, 3.63) is 46.6 Å². The van der Waals surface area contributed by atoms with Crippen LogP contribution in [0.3, 0.4) is 0 Å². The maximum Gasteiger partial charge on any atom is 0.259 e. The Morgan fingerprint density at radius 3 is 2.43 bits per heavy atom. The molecule has 0 saturated carbocycles. The zero-order chi connectivity index (χ0) is 21.3. The second-order valence-corrected chi connectivity index (χ2v) is 8.36. The highest BCUT2D eigenvalue weighted by Gasteiger charge is 2.29. The number of piperidine rings is 1. The van der Waals surface area contributed by atoms with E-state index in [9.17, 15) is 9.59 Å². The quantitative estimate of drug-likeness (QED) is 0.769. The van der Waals surface area contributed by atoms with Crippen LogP contribution in [0.5, 0.6) is 0 Å². The van der Waals surface area contributed by atoms with E-state index < -0.39 is 0 Å². The summed E-state index contributed by atoms with van der Waals surface area (Å²) in [6.45, 7) is 8.19. The first kappa shape index (κ1) is 20.5. The van der Waals surface area contributed by atoms with Crippen LogP contribution in [0.1, 0.15) is 56.6 Å². The fraction of sp³-hybridized carbons (Fsp3) is 0.545. The van der Waals surface area contributed by atoms with Crippen LogP contribution < -0.4 is 0 Å². The molecule has 2 amide bonds. The number of amides is 2. The summed E-state index contributed by atoms with van der Waals surface area (Å²) in [6, 6.07) is 3.82. The lowest BCUT2D eigenvalue weighted by atomic mass is 9.93. The number of nitrogens with zero attached hydrogens (tertiary/aromatic N) is 5. The van der Waals surface area contributed by atoms with E-state index in [1.165, 1.54) is 0 Å². The average molecular weight is 412 g/mol. The molecule has 2 aromatic heterocycles. The van der Waals surface area contributed by atoms with Crippen molar-refractivity contribution < 1.29 is 14.1 Å². The third-order valence-corrected chi connectivity index (χ3v) is 6.20. The van der Waals surface area contributed by atoms with E-state index >= 15 is 0 Å². The number of pyridine rings is 1. The summed E-state index contributed by atoms with van der Waals surface area (Å²) in [4.78, 5) is 36.3. The molecule has 8 heteroatoms. The van der Waals surface area contributed by atoms with Crippen molar-refractivity contribution >= 4 is 11.8 Å². The lowest BCUT2D eigenvalue weighted by molar-refractivity contribution is 0.0663. The highest BCUT2D eigenvalue weighted by molar-refractivity contribution is 5.96. The molecule has 8 nitrogen and oxygen atoms in total. The van der Waals surface area contributed by atoms with Crippen LogP contribution in [-0.4, -0.2) is 83.0 Å². The van der Waals surface area contributed by atoms with Gasteiger partial charge in [0.15, 0.2) is 0 Å². The summed E-state index contributed by atoms with van der Waals surface area (Å²) in [6.07, 6.45) is 3.58. The number of carbonyl (C=O) groups excluding carboxylic acids is 2. The molecule has 0 spiro atoms. The molecule has 160 valence electrons. The molecule has 1 atom stereocenters. The Hall–Kier alpha value is -2.74. The van der Waals surface area contributed by atoms with Gasteiger partial charge in [0, 0.05) is 57.1 Å². The molecule has 0 bridgehead atoms. The molecule has 30 heavy (non-hydrogen) atoms. The van der Waals surface area contributed by atoms with Gasteiger partial charge >= 0.3 is 0 Å². The Balaban J connectivity index is 1.43. The van der Waals surface area contributed by atoms with Gasteiger partial charge in [0.05, 0.1) is 11.3 Å². The van der Waals surface area contributed by atoms with Gasteiger partial charge in [-0.05, 0) is 45.9 Å². The highest BCUT2D eigenvalue weighted by Crippen LogP contribution is 2.28. The van der Waals surface area contributed by atoms with Crippen molar-refractivity contribution in [3.8, 4) is 0 Å². The fourth-order valence-corrected chi connectivity index (χ4v) is 4.31. The van der Waals surface area contributed by atoms with Crippen LogP contribution in [0.25, 0.3) is 0 Å². The van der Waals surface area contributed by atoms with E-state index in [4.69, 9.17) is 4.52 Å². The Bertz CT molecular complexity index is 896. The molecular weight excluding hydrogens is 382 g/mol. The maximum atomic E-state index is 13.0. The van der Waals surface area contributed by atoms with Crippen molar-refractivity contribution in [2.45, 2.75) is 32.6 Å². The van der Waals surface area contributed by atoms with Gasteiger partial charge in [0.25, 0.3) is 11.8 Å². The number of likely N-dealkylation sites (tertiary alicyclic amines) is 1. The second kappa shape index (κ2) is 8.55. The van der Waals surface area contributed by atoms with Crippen molar-refractivity contribution in [1.29, 1.82) is 0 Å². The second-order valence-electron chi connectivity index (χ2n) is 8.36. The fourth-order valence-electron chi connectivity index (χ4n) is 4.31. The van der Waals surface area contributed by atoms with Crippen molar-refractivity contribution in [3.63, 3.8) is 0 Å². The van der Waals surface area contributed by atoms with E-state index in [0.717, 1.165) is 51.3 Å². The number of piperazine rings is 1. The van der Waals surface area contributed by atoms with E-state index in [1.807, 2.05) is 21.9 Å². The largest absolute Gasteiger partial charge is 0.361 e. The van der Waals surface area contributed by atoms with Gasteiger partial charge in [0.1, 0.15) is 11.3 Å². The van der Waals surface area contributed by atoms with Gasteiger partial charge < -0.3 is 19.2 Å². The number of carbonyl (C=O) groups is 2. The first-order valence-corrected chi connectivity index (χ1v) is 10.6. The first-order valence-electron chi connectivity index (χ1n) is 10.6. The Labute approximate surface area is 176 Å². The molecule has 0 radical (unpaired) electrons. The van der Waals surface area contributed by atoms with Gasteiger partial charge in [-0.3, -0.25) is 14.6 Å². The predicted octanol–water partition coefficient (Wildman–Crippen LogP) is 2.09. The minimum absolute atomic E-state index is 0.0298. The average Bonchev–Trinajstić information content (AvgIpc) is 3.11. The number of hydrogen-bond donors (Lipinski definition) is 0. The first-order chi connectivity index (χ1) is 14.4. The maximum absolute atomic E-state index is 13.0. The van der Waals surface area contributed by atoms with Crippen LogP contribution in [0.15, 0.2) is 22.9 Å². The van der Waals surface area contributed by atoms with Gasteiger partial charge in [-0.15, -0.1) is 0 Å². The normalized spacial score (nSPS) is 20.4. The van der Waals surface area contributed by atoms with Gasteiger partial charge in [-0.2, -0.15) is 0 Å². The number of rotatable bonds is 3. The third kappa shape index (κ3) is 4.09. The number of hydrogen-bond acceptors (Lipinski definition) is 6. The van der Waals surface area contributed by atoms with Crippen molar-refractivity contribution in [2.24, 2.45) is 0 Å². The van der Waals surface area contributed by atoms with E-state index in [1.54, 1.807) is 20.0 Å². The number of likely N-dealkylation sites (N-methyl/N-ethyl adjacent to an activating group) is 1. The van der Waals surface area contributed by atoms with Crippen LogP contribution in [0.4, 0.5) is 0 Å². The van der Waals surface area contributed by atoms with Gasteiger partial charge in [0.2, 0.25) is 0 Å².